The molecule has 2 atom stereocenters. The van der Waals surface area contributed by atoms with Gasteiger partial charge in [-0.25, -0.2) is 0 Å². The van der Waals surface area contributed by atoms with E-state index in [9.17, 15) is 0 Å². The van der Waals surface area contributed by atoms with E-state index in [-0.39, 0.29) is 12.1 Å². The molecule has 3 heteroatoms. The van der Waals surface area contributed by atoms with E-state index in [0.717, 1.165) is 18.9 Å². The maximum Gasteiger partial charge on any atom is 0.0713 e. The first-order valence-corrected chi connectivity index (χ1v) is 5.19. The molecular weight excluding hydrogens is 164 g/mol. The first-order valence-electron chi connectivity index (χ1n) is 5.19. The normalized spacial score (nSPS) is 16.2. The quantitative estimate of drug-likeness (QED) is 0.472. The lowest BCUT2D eigenvalue weighted by Crippen LogP contribution is -2.44. The van der Waals surface area contributed by atoms with Crippen molar-refractivity contribution in [2.45, 2.75) is 52.7 Å². The van der Waals surface area contributed by atoms with Crippen LogP contribution >= 0.6 is 0 Å². The van der Waals surface area contributed by atoms with E-state index in [1.54, 1.807) is 0 Å². The van der Waals surface area contributed by atoms with Gasteiger partial charge in [0.25, 0.3) is 0 Å². The van der Waals surface area contributed by atoms with Crippen LogP contribution in [0.25, 0.3) is 0 Å². The van der Waals surface area contributed by atoms with Crippen molar-refractivity contribution in [3.05, 3.63) is 0 Å². The van der Waals surface area contributed by atoms with Crippen LogP contribution in [-0.4, -0.2) is 18.8 Å². The fourth-order valence-corrected chi connectivity index (χ4v) is 1.35. The van der Waals surface area contributed by atoms with Gasteiger partial charge in [-0.05, 0) is 32.6 Å². The highest BCUT2D eigenvalue weighted by Gasteiger charge is 2.15. The Hall–Kier alpha value is -0.120. The minimum absolute atomic E-state index is 0.203. The Morgan fingerprint density at radius 3 is 2.23 bits per heavy atom. The number of nitrogens with two attached hydrogens (primary N) is 1. The molecule has 13 heavy (non-hydrogen) atoms. The van der Waals surface area contributed by atoms with E-state index in [1.807, 2.05) is 6.92 Å². The number of rotatable bonds is 7. The molecule has 0 aromatic heterocycles. The lowest BCUT2D eigenvalue weighted by molar-refractivity contribution is 0.0438. The molecule has 0 spiro atoms. The third kappa shape index (κ3) is 6.02. The van der Waals surface area contributed by atoms with E-state index >= 15 is 0 Å². The molecule has 80 valence electrons. The SMILES string of the molecule is CCOC(C)C(CCC(C)C)NN. The van der Waals surface area contributed by atoms with Crippen LogP contribution in [0.1, 0.15) is 40.5 Å². The Morgan fingerprint density at radius 1 is 1.23 bits per heavy atom. The molecule has 0 radical (unpaired) electrons. The maximum atomic E-state index is 5.48. The fourth-order valence-electron chi connectivity index (χ4n) is 1.35. The van der Waals surface area contributed by atoms with Gasteiger partial charge in [0.1, 0.15) is 0 Å². The molecule has 0 aliphatic heterocycles. The Kier molecular flexibility index (Phi) is 7.23. The number of hydrogen-bond donors (Lipinski definition) is 2. The number of hydrogen-bond acceptors (Lipinski definition) is 3. The van der Waals surface area contributed by atoms with Crippen LogP contribution in [0.15, 0.2) is 0 Å². The summed E-state index contributed by atoms with van der Waals surface area (Å²) in [6.07, 6.45) is 2.47. The van der Waals surface area contributed by atoms with Crippen molar-refractivity contribution in [3.8, 4) is 0 Å². The Balaban J connectivity index is 3.73. The summed E-state index contributed by atoms with van der Waals surface area (Å²) < 4.78 is 5.48. The molecule has 0 fully saturated rings. The highest BCUT2D eigenvalue weighted by atomic mass is 16.5. The first kappa shape index (κ1) is 12.9. The monoisotopic (exact) mass is 188 g/mol. The lowest BCUT2D eigenvalue weighted by atomic mass is 10.0. The molecule has 0 bridgehead atoms. The van der Waals surface area contributed by atoms with Gasteiger partial charge < -0.3 is 4.74 Å². The smallest absolute Gasteiger partial charge is 0.0713 e. The zero-order valence-electron chi connectivity index (χ0n) is 9.34. The number of hydrazine groups is 1. The van der Waals surface area contributed by atoms with Gasteiger partial charge in [0, 0.05) is 12.6 Å². The van der Waals surface area contributed by atoms with Gasteiger partial charge in [0.05, 0.1) is 6.10 Å². The van der Waals surface area contributed by atoms with Gasteiger partial charge in [-0.2, -0.15) is 0 Å². The van der Waals surface area contributed by atoms with E-state index in [4.69, 9.17) is 10.6 Å². The van der Waals surface area contributed by atoms with Crippen LogP contribution in [0, 0.1) is 5.92 Å². The maximum absolute atomic E-state index is 5.48. The highest BCUT2D eigenvalue weighted by molar-refractivity contribution is 4.71. The molecule has 0 amide bonds. The minimum Gasteiger partial charge on any atom is -0.377 e. The summed E-state index contributed by atoms with van der Waals surface area (Å²) in [6.45, 7) is 9.26. The molecule has 0 aromatic carbocycles. The van der Waals surface area contributed by atoms with Crippen molar-refractivity contribution in [1.29, 1.82) is 0 Å². The standard InChI is InChI=1S/C10H24N2O/c1-5-13-9(4)10(12-11)7-6-8(2)3/h8-10,12H,5-7,11H2,1-4H3. The Labute approximate surface area is 82.0 Å². The minimum atomic E-state index is 0.203. The second-order valence-electron chi connectivity index (χ2n) is 3.90. The summed E-state index contributed by atoms with van der Waals surface area (Å²) in [7, 11) is 0. The Bertz CT molecular complexity index is 117. The van der Waals surface area contributed by atoms with Crippen molar-refractivity contribution in [3.63, 3.8) is 0 Å². The predicted octanol–water partition coefficient (Wildman–Crippen LogP) is 1.68. The third-order valence-corrected chi connectivity index (χ3v) is 2.27. The van der Waals surface area contributed by atoms with Crippen molar-refractivity contribution in [2.75, 3.05) is 6.61 Å². The summed E-state index contributed by atoms with van der Waals surface area (Å²) in [4.78, 5) is 0. The second-order valence-corrected chi connectivity index (χ2v) is 3.90. The molecule has 0 rings (SSSR count). The molecule has 0 aliphatic carbocycles. The molecule has 2 unspecified atom stereocenters. The fraction of sp³-hybridized carbons (Fsp3) is 1.00. The van der Waals surface area contributed by atoms with Gasteiger partial charge in [0.2, 0.25) is 0 Å². The average Bonchev–Trinajstić information content (AvgIpc) is 2.05. The molecule has 0 saturated carbocycles. The van der Waals surface area contributed by atoms with E-state index in [1.165, 1.54) is 6.42 Å². The summed E-state index contributed by atoms with van der Waals surface area (Å²) in [6, 6.07) is 0.280. The van der Waals surface area contributed by atoms with Gasteiger partial charge in [0.15, 0.2) is 0 Å². The van der Waals surface area contributed by atoms with Crippen LogP contribution in [0.3, 0.4) is 0 Å². The van der Waals surface area contributed by atoms with Crippen LogP contribution < -0.4 is 11.3 Å². The largest absolute Gasteiger partial charge is 0.377 e. The number of nitrogens with one attached hydrogen (secondary N) is 1. The average molecular weight is 188 g/mol. The third-order valence-electron chi connectivity index (χ3n) is 2.27. The van der Waals surface area contributed by atoms with E-state index in [2.05, 4.69) is 26.2 Å². The topological polar surface area (TPSA) is 47.3 Å². The molecule has 3 nitrogen and oxygen atoms in total. The van der Waals surface area contributed by atoms with Crippen molar-refractivity contribution < 1.29 is 4.74 Å². The molecular formula is C10H24N2O. The van der Waals surface area contributed by atoms with Gasteiger partial charge in [-0.15, -0.1) is 0 Å². The summed E-state index contributed by atoms with van der Waals surface area (Å²) in [5.74, 6) is 6.19. The van der Waals surface area contributed by atoms with Crippen molar-refractivity contribution in [1.82, 2.24) is 5.43 Å². The summed E-state index contributed by atoms with van der Waals surface area (Å²) >= 11 is 0. The van der Waals surface area contributed by atoms with Gasteiger partial charge in [-0.3, -0.25) is 11.3 Å². The van der Waals surface area contributed by atoms with Crippen LogP contribution in [0.2, 0.25) is 0 Å². The molecule has 0 aliphatic rings. The zero-order chi connectivity index (χ0) is 10.3. The van der Waals surface area contributed by atoms with Crippen LogP contribution in [0.4, 0.5) is 0 Å². The molecule has 0 aromatic rings. The Morgan fingerprint density at radius 2 is 1.85 bits per heavy atom. The lowest BCUT2D eigenvalue weighted by Gasteiger charge is -2.23. The first-order chi connectivity index (χ1) is 6.11. The highest BCUT2D eigenvalue weighted by Crippen LogP contribution is 2.10. The van der Waals surface area contributed by atoms with Gasteiger partial charge >= 0.3 is 0 Å². The molecule has 0 heterocycles. The van der Waals surface area contributed by atoms with Crippen molar-refractivity contribution >= 4 is 0 Å². The number of ether oxygens (including phenoxy) is 1. The second kappa shape index (κ2) is 7.30. The van der Waals surface area contributed by atoms with Crippen LogP contribution in [0.5, 0.6) is 0 Å². The van der Waals surface area contributed by atoms with Crippen molar-refractivity contribution in [2.24, 2.45) is 11.8 Å². The predicted molar refractivity (Wildman–Crippen MR) is 56.3 cm³/mol. The van der Waals surface area contributed by atoms with Gasteiger partial charge in [-0.1, -0.05) is 13.8 Å². The summed E-state index contributed by atoms with van der Waals surface area (Å²) in [5, 5.41) is 0. The molecule has 0 saturated heterocycles. The van der Waals surface area contributed by atoms with Crippen LogP contribution in [-0.2, 0) is 4.74 Å². The van der Waals surface area contributed by atoms with E-state index < -0.39 is 0 Å². The zero-order valence-corrected chi connectivity index (χ0v) is 9.34. The molecule has 3 N–H and O–H groups in total. The van der Waals surface area contributed by atoms with E-state index in [0.29, 0.717) is 0 Å². The summed E-state index contributed by atoms with van der Waals surface area (Å²) in [5.41, 5.74) is 2.82.